The molecule has 10 nitrogen and oxygen atoms in total. The van der Waals surface area contributed by atoms with Gasteiger partial charge in [0.2, 0.25) is 11.8 Å². The second-order valence-corrected chi connectivity index (χ2v) is 13.4. The van der Waals surface area contributed by atoms with Gasteiger partial charge in [-0.2, -0.15) is 0 Å². The van der Waals surface area contributed by atoms with Crippen molar-refractivity contribution in [2.45, 2.75) is 78.4 Å². The van der Waals surface area contributed by atoms with Crippen LogP contribution < -0.4 is 4.74 Å². The number of carboxylic acids is 1. The molecule has 1 aromatic carbocycles. The highest BCUT2D eigenvalue weighted by Crippen LogP contribution is 2.47. The van der Waals surface area contributed by atoms with Crippen molar-refractivity contribution in [2.24, 2.45) is 23.8 Å². The first-order valence-corrected chi connectivity index (χ1v) is 15.0. The third-order valence-electron chi connectivity index (χ3n) is 9.36. The Morgan fingerprint density at radius 1 is 1.23 bits per heavy atom. The monoisotopic (exact) mass is 621 g/mol. The molecule has 3 atom stereocenters. The molecule has 2 amide bonds. The van der Waals surface area contributed by atoms with Crippen LogP contribution in [0.3, 0.4) is 0 Å². The average Bonchev–Trinajstić information content (AvgIpc) is 3.44. The van der Waals surface area contributed by atoms with Crippen molar-refractivity contribution in [3.05, 3.63) is 39.7 Å². The lowest BCUT2D eigenvalue weighted by Crippen LogP contribution is -2.52. The summed E-state index contributed by atoms with van der Waals surface area (Å²) >= 11 is 6.68. The van der Waals surface area contributed by atoms with Gasteiger partial charge in [-0.1, -0.05) is 43.5 Å². The minimum Gasteiger partial charge on any atom is -0.487 e. The molecule has 2 fully saturated rings. The molecule has 1 saturated heterocycles. The second kappa shape index (κ2) is 11.7. The van der Waals surface area contributed by atoms with Crippen LogP contribution in [-0.2, 0) is 34.5 Å². The van der Waals surface area contributed by atoms with E-state index in [2.05, 4.69) is 10.3 Å². The molecule has 0 radical (unpaired) electrons. The molecule has 0 bridgehead atoms. The van der Waals surface area contributed by atoms with E-state index in [0.717, 1.165) is 23.1 Å². The Balaban J connectivity index is 1.55. The normalized spacial score (nSPS) is 25.3. The van der Waals surface area contributed by atoms with Gasteiger partial charge in [-0.15, -0.1) is 5.10 Å². The van der Waals surface area contributed by atoms with Gasteiger partial charge in [0.25, 0.3) is 6.43 Å². The van der Waals surface area contributed by atoms with Gasteiger partial charge in [0.05, 0.1) is 17.4 Å². The van der Waals surface area contributed by atoms with Gasteiger partial charge >= 0.3 is 5.97 Å². The average molecular weight is 622 g/mol. The Morgan fingerprint density at radius 2 is 1.98 bits per heavy atom. The maximum Gasteiger partial charge on any atom is 0.310 e. The molecule has 0 unspecified atom stereocenters. The van der Waals surface area contributed by atoms with E-state index in [0.29, 0.717) is 48.6 Å². The highest BCUT2D eigenvalue weighted by atomic mass is 35.5. The number of rotatable bonds is 8. The number of aliphatic carboxylic acids is 1. The zero-order chi connectivity index (χ0) is 31.3. The van der Waals surface area contributed by atoms with Crippen LogP contribution >= 0.6 is 11.6 Å². The lowest BCUT2D eigenvalue weighted by Gasteiger charge is -2.45. The first-order valence-electron chi connectivity index (χ1n) is 14.7. The summed E-state index contributed by atoms with van der Waals surface area (Å²) in [6.45, 7) is 6.31. The van der Waals surface area contributed by atoms with E-state index in [9.17, 15) is 28.3 Å². The van der Waals surface area contributed by atoms with E-state index >= 15 is 0 Å². The number of hydrogen-bond donors (Lipinski definition) is 1. The molecule has 3 heterocycles. The maximum absolute atomic E-state index is 14.4. The van der Waals surface area contributed by atoms with Crippen LogP contribution in [-0.4, -0.2) is 67.3 Å². The van der Waals surface area contributed by atoms with Crippen molar-refractivity contribution in [1.82, 2.24) is 24.8 Å². The molecule has 0 spiro atoms. The minimum absolute atomic E-state index is 0.0163. The SMILES string of the molecule is Cn1nnc(COc2ccc(Cl)c3c2[C@@H](CN2CC(C)(C)CC2=O)N(C(=O)[C@@H]2CCCC[C@]2(C)C(=O)O)CC3)c1C(F)F. The third kappa shape index (κ3) is 5.82. The van der Waals surface area contributed by atoms with Gasteiger partial charge in [0.15, 0.2) is 0 Å². The molecule has 1 aliphatic carbocycles. The van der Waals surface area contributed by atoms with E-state index < -0.39 is 29.8 Å². The molecule has 43 heavy (non-hydrogen) atoms. The number of amides is 2. The molecule has 2 aliphatic heterocycles. The Bertz CT molecular complexity index is 1430. The fourth-order valence-corrected chi connectivity index (χ4v) is 7.28. The number of benzene rings is 1. The van der Waals surface area contributed by atoms with Gasteiger partial charge in [0.1, 0.15) is 23.7 Å². The predicted molar refractivity (Wildman–Crippen MR) is 153 cm³/mol. The zero-order valence-corrected chi connectivity index (χ0v) is 25.7. The van der Waals surface area contributed by atoms with Gasteiger partial charge in [-0.05, 0) is 49.3 Å². The summed E-state index contributed by atoms with van der Waals surface area (Å²) in [6.07, 6.45) is 0.277. The van der Waals surface area contributed by atoms with Crippen LogP contribution in [0.2, 0.25) is 5.02 Å². The number of fused-ring (bicyclic) bond motifs is 1. The number of alkyl halides is 2. The lowest BCUT2D eigenvalue weighted by atomic mass is 9.66. The number of carbonyl (C=O) groups excluding carboxylic acids is 2. The predicted octanol–water partition coefficient (Wildman–Crippen LogP) is 4.95. The van der Waals surface area contributed by atoms with Crippen molar-refractivity contribution in [3.63, 3.8) is 0 Å². The Hall–Kier alpha value is -3.28. The van der Waals surface area contributed by atoms with E-state index in [-0.39, 0.29) is 48.3 Å². The molecule has 234 valence electrons. The molecule has 3 aliphatic rings. The summed E-state index contributed by atoms with van der Waals surface area (Å²) < 4.78 is 34.5. The van der Waals surface area contributed by atoms with Crippen LogP contribution in [0.25, 0.3) is 0 Å². The first kappa shape index (κ1) is 31.2. The van der Waals surface area contributed by atoms with Crippen LogP contribution in [0, 0.1) is 16.7 Å². The summed E-state index contributed by atoms with van der Waals surface area (Å²) in [5, 5.41) is 18.2. The second-order valence-electron chi connectivity index (χ2n) is 13.0. The molecule has 5 rings (SSSR count). The van der Waals surface area contributed by atoms with Crippen LogP contribution in [0.4, 0.5) is 8.78 Å². The largest absolute Gasteiger partial charge is 0.487 e. The highest BCUT2D eigenvalue weighted by Gasteiger charge is 2.50. The highest BCUT2D eigenvalue weighted by molar-refractivity contribution is 6.31. The number of halogens is 3. The number of ether oxygens (including phenoxy) is 1. The summed E-state index contributed by atoms with van der Waals surface area (Å²) in [5.74, 6) is -1.70. The lowest BCUT2D eigenvalue weighted by molar-refractivity contribution is -0.162. The molecule has 1 N–H and O–H groups in total. The van der Waals surface area contributed by atoms with Gasteiger partial charge in [-0.3, -0.25) is 14.4 Å². The smallest absolute Gasteiger partial charge is 0.310 e. The Morgan fingerprint density at radius 3 is 2.63 bits per heavy atom. The van der Waals surface area contributed by atoms with Crippen LogP contribution in [0.1, 0.15) is 87.9 Å². The number of aryl methyl sites for hydroxylation is 1. The molecular weight excluding hydrogens is 584 g/mol. The minimum atomic E-state index is -2.80. The molecular formula is C30H38ClF2N5O5. The number of likely N-dealkylation sites (tertiary alicyclic amines) is 1. The van der Waals surface area contributed by atoms with E-state index in [4.69, 9.17) is 16.3 Å². The zero-order valence-electron chi connectivity index (χ0n) is 24.9. The topological polar surface area (TPSA) is 118 Å². The Labute approximate surface area is 254 Å². The van der Waals surface area contributed by atoms with Crippen molar-refractivity contribution in [1.29, 1.82) is 0 Å². The fourth-order valence-electron chi connectivity index (χ4n) is 7.03. The molecule has 13 heteroatoms. The number of aromatic nitrogens is 3. The van der Waals surface area contributed by atoms with E-state index in [1.807, 2.05) is 13.8 Å². The van der Waals surface area contributed by atoms with Gasteiger partial charge in [0, 0.05) is 43.7 Å². The summed E-state index contributed by atoms with van der Waals surface area (Å²) in [5.41, 5.74) is -0.489. The number of nitrogens with zero attached hydrogens (tertiary/aromatic N) is 5. The molecule has 2 aromatic rings. The standard InChI is InChI=1S/C30H38ClF2N5O5/c1-29(2)13-23(39)37(16-29)14-21-24-17(10-12-38(21)27(40)18-7-5-6-11-30(18,3)28(41)42)19(31)8-9-22(24)43-15-20-25(26(32)33)36(4)35-34-20/h8-9,18,21,26H,5-7,10-16H2,1-4H3,(H,41,42)/t18-,21+,30-/m0/s1. The number of carbonyl (C=O) groups is 3. The summed E-state index contributed by atoms with van der Waals surface area (Å²) in [4.78, 5) is 43.3. The summed E-state index contributed by atoms with van der Waals surface area (Å²) in [7, 11) is 1.38. The van der Waals surface area contributed by atoms with Crippen molar-refractivity contribution < 1.29 is 33.0 Å². The van der Waals surface area contributed by atoms with Gasteiger partial charge < -0.3 is 19.6 Å². The van der Waals surface area contributed by atoms with E-state index in [1.165, 1.54) is 7.05 Å². The van der Waals surface area contributed by atoms with Crippen molar-refractivity contribution in [2.75, 3.05) is 19.6 Å². The van der Waals surface area contributed by atoms with Crippen LogP contribution in [0.15, 0.2) is 12.1 Å². The molecule has 1 aromatic heterocycles. The van der Waals surface area contributed by atoms with E-state index in [1.54, 1.807) is 28.9 Å². The Kier molecular flexibility index (Phi) is 8.45. The number of hydrogen-bond acceptors (Lipinski definition) is 6. The summed E-state index contributed by atoms with van der Waals surface area (Å²) in [6, 6.07) is 2.62. The number of carboxylic acid groups (broad SMARTS) is 1. The van der Waals surface area contributed by atoms with Crippen molar-refractivity contribution in [3.8, 4) is 5.75 Å². The maximum atomic E-state index is 14.4. The third-order valence-corrected chi connectivity index (χ3v) is 9.71. The van der Waals surface area contributed by atoms with Crippen molar-refractivity contribution >= 4 is 29.4 Å². The first-order chi connectivity index (χ1) is 20.2. The van der Waals surface area contributed by atoms with Crippen LogP contribution in [0.5, 0.6) is 5.75 Å². The quantitative estimate of drug-likeness (QED) is 0.443. The fraction of sp³-hybridized carbons (Fsp3) is 0.633. The molecule has 1 saturated carbocycles. The van der Waals surface area contributed by atoms with Gasteiger partial charge in [-0.25, -0.2) is 13.5 Å².